The van der Waals surface area contributed by atoms with Gasteiger partial charge in [-0.2, -0.15) is 0 Å². The number of anilines is 1. The van der Waals surface area contributed by atoms with Crippen LogP contribution in [0.3, 0.4) is 0 Å². The van der Waals surface area contributed by atoms with Gasteiger partial charge in [-0.1, -0.05) is 67.7 Å². The predicted octanol–water partition coefficient (Wildman–Crippen LogP) is 1.98. The molecule has 0 aliphatic carbocycles. The number of rotatable bonds is 8. The summed E-state index contributed by atoms with van der Waals surface area (Å²) >= 11 is 5.70. The number of hydrogen-bond acceptors (Lipinski definition) is 6. The van der Waals surface area contributed by atoms with Gasteiger partial charge in [0.05, 0.1) is 16.9 Å². The second-order valence-electron chi connectivity index (χ2n) is 7.73. The number of hydrogen-bond donors (Lipinski definition) is 0. The van der Waals surface area contributed by atoms with E-state index >= 15 is 0 Å². The highest BCUT2D eigenvalue weighted by Gasteiger charge is 2.26. The molecular formula is C26H30N2O4S-2. The Morgan fingerprint density at radius 3 is 1.97 bits per heavy atom. The van der Waals surface area contributed by atoms with Crippen molar-refractivity contribution >= 4 is 34.8 Å². The Balaban J connectivity index is 0.000000414. The highest BCUT2D eigenvalue weighted by molar-refractivity contribution is 7.80. The van der Waals surface area contributed by atoms with Crippen LogP contribution < -0.4 is 15.1 Å². The minimum atomic E-state index is -1.55. The predicted molar refractivity (Wildman–Crippen MR) is 131 cm³/mol. The van der Waals surface area contributed by atoms with Crippen molar-refractivity contribution in [2.75, 3.05) is 24.5 Å². The molecule has 2 aromatic carbocycles. The number of carbonyl (C=O) groups is 2. The molecule has 1 heterocycles. The molecule has 176 valence electrons. The third-order valence-electron chi connectivity index (χ3n) is 5.44. The molecule has 2 aromatic rings. The smallest absolute Gasteiger partial charge is 0.0823 e. The zero-order chi connectivity index (χ0) is 24.1. The van der Waals surface area contributed by atoms with Crippen molar-refractivity contribution in [1.82, 2.24) is 4.90 Å². The van der Waals surface area contributed by atoms with Gasteiger partial charge in [0.2, 0.25) is 0 Å². The van der Waals surface area contributed by atoms with Gasteiger partial charge in [0.15, 0.2) is 0 Å². The number of benzene rings is 2. The summed E-state index contributed by atoms with van der Waals surface area (Å²) in [5.74, 6) is -3.09. The first-order valence-corrected chi connectivity index (χ1v) is 11.5. The molecule has 0 saturated carbocycles. The van der Waals surface area contributed by atoms with Gasteiger partial charge in [-0.05, 0) is 55.5 Å². The molecule has 0 N–H and O–H groups in total. The molecule has 7 heteroatoms. The first-order chi connectivity index (χ1) is 15.9. The van der Waals surface area contributed by atoms with Crippen LogP contribution in [0.2, 0.25) is 0 Å². The van der Waals surface area contributed by atoms with Gasteiger partial charge in [0, 0.05) is 31.4 Å². The molecular weight excluding hydrogens is 436 g/mol. The molecule has 0 amide bonds. The second kappa shape index (κ2) is 14.2. The maximum absolute atomic E-state index is 9.41. The minimum absolute atomic E-state index is 0.384. The van der Waals surface area contributed by atoms with Gasteiger partial charge >= 0.3 is 0 Å². The number of aliphatic carboxylic acids is 2. The van der Waals surface area contributed by atoms with Crippen LogP contribution in [0.15, 0.2) is 72.8 Å². The second-order valence-corrected chi connectivity index (χ2v) is 8.20. The summed E-state index contributed by atoms with van der Waals surface area (Å²) in [6, 6.07) is 22.0. The van der Waals surface area contributed by atoms with Gasteiger partial charge in [-0.15, -0.1) is 0 Å². The Bertz CT molecular complexity index is 894. The van der Waals surface area contributed by atoms with E-state index in [2.05, 4.69) is 77.4 Å². The molecule has 1 aliphatic rings. The van der Waals surface area contributed by atoms with Crippen LogP contribution in [0.25, 0.3) is 0 Å². The SMILES string of the molecule is CCC(=S)N(c1ccccc1)C1CCN(CCc2ccccc2)CC1.O=C([O-])/C=C/C(=O)[O-]. The normalized spacial score (nSPS) is 14.3. The Labute approximate surface area is 201 Å². The van der Waals surface area contributed by atoms with Crippen LogP contribution in [-0.4, -0.2) is 47.5 Å². The largest absolute Gasteiger partial charge is 0.545 e. The summed E-state index contributed by atoms with van der Waals surface area (Å²) in [4.78, 5) is 24.9. The van der Waals surface area contributed by atoms with Crippen LogP contribution in [0.1, 0.15) is 31.7 Å². The fourth-order valence-electron chi connectivity index (χ4n) is 3.79. The van der Waals surface area contributed by atoms with Gasteiger partial charge in [0.1, 0.15) is 0 Å². The van der Waals surface area contributed by atoms with E-state index in [4.69, 9.17) is 12.2 Å². The average Bonchev–Trinajstić information content (AvgIpc) is 2.84. The van der Waals surface area contributed by atoms with Crippen LogP contribution in [-0.2, 0) is 16.0 Å². The molecule has 3 rings (SSSR count). The fraction of sp³-hybridized carbons (Fsp3) is 0.346. The molecule has 0 aromatic heterocycles. The Morgan fingerprint density at radius 1 is 0.970 bits per heavy atom. The quantitative estimate of drug-likeness (QED) is 0.434. The summed E-state index contributed by atoms with van der Waals surface area (Å²) in [6.45, 7) is 5.63. The zero-order valence-corrected chi connectivity index (χ0v) is 19.7. The van der Waals surface area contributed by atoms with Crippen molar-refractivity contribution in [2.24, 2.45) is 0 Å². The van der Waals surface area contributed by atoms with Crippen LogP contribution in [0.5, 0.6) is 0 Å². The van der Waals surface area contributed by atoms with Gasteiger partial charge in [-0.25, -0.2) is 0 Å². The summed E-state index contributed by atoms with van der Waals surface area (Å²) in [5, 5.41) is 18.8. The molecule has 0 unspecified atom stereocenters. The number of carboxylic acid groups (broad SMARTS) is 2. The first-order valence-electron chi connectivity index (χ1n) is 11.1. The van der Waals surface area contributed by atoms with Gasteiger partial charge in [-0.3, -0.25) is 0 Å². The monoisotopic (exact) mass is 466 g/mol. The summed E-state index contributed by atoms with van der Waals surface area (Å²) in [7, 11) is 0. The topological polar surface area (TPSA) is 86.7 Å². The van der Waals surface area contributed by atoms with Crippen LogP contribution in [0, 0.1) is 0 Å². The third kappa shape index (κ3) is 9.55. The lowest BCUT2D eigenvalue weighted by Gasteiger charge is -2.40. The Hall–Kier alpha value is -3.03. The highest BCUT2D eigenvalue weighted by atomic mass is 32.1. The molecule has 0 spiro atoms. The van der Waals surface area contributed by atoms with Gasteiger partial charge < -0.3 is 29.6 Å². The zero-order valence-electron chi connectivity index (χ0n) is 18.9. The molecule has 0 atom stereocenters. The van der Waals surface area contributed by atoms with E-state index < -0.39 is 11.9 Å². The number of nitrogens with zero attached hydrogens (tertiary/aromatic N) is 2. The number of carboxylic acids is 2. The molecule has 6 nitrogen and oxygen atoms in total. The van der Waals surface area contributed by atoms with E-state index in [-0.39, 0.29) is 0 Å². The van der Waals surface area contributed by atoms with E-state index in [1.54, 1.807) is 0 Å². The lowest BCUT2D eigenvalue weighted by atomic mass is 10.0. The number of piperidine rings is 1. The lowest BCUT2D eigenvalue weighted by molar-refractivity contribution is -0.301. The summed E-state index contributed by atoms with van der Waals surface area (Å²) < 4.78 is 0. The number of thiocarbonyl (C=S) groups is 1. The maximum atomic E-state index is 9.41. The summed E-state index contributed by atoms with van der Waals surface area (Å²) in [5.41, 5.74) is 2.68. The van der Waals surface area contributed by atoms with E-state index in [1.807, 2.05) is 0 Å². The van der Waals surface area contributed by atoms with Crippen molar-refractivity contribution in [3.8, 4) is 0 Å². The Kier molecular flexibility index (Phi) is 11.3. The van der Waals surface area contributed by atoms with E-state index in [0.717, 1.165) is 37.5 Å². The van der Waals surface area contributed by atoms with E-state index in [9.17, 15) is 19.8 Å². The first kappa shape index (κ1) is 26.2. The molecule has 1 aliphatic heterocycles. The van der Waals surface area contributed by atoms with E-state index in [1.165, 1.54) is 24.1 Å². The number of likely N-dealkylation sites (tertiary alicyclic amines) is 1. The maximum Gasteiger partial charge on any atom is 0.0823 e. The van der Waals surface area contributed by atoms with Crippen LogP contribution in [0.4, 0.5) is 5.69 Å². The third-order valence-corrected chi connectivity index (χ3v) is 5.93. The fourth-order valence-corrected chi connectivity index (χ4v) is 4.04. The molecule has 1 saturated heterocycles. The Morgan fingerprint density at radius 2 is 1.48 bits per heavy atom. The van der Waals surface area contributed by atoms with Gasteiger partial charge in [0.25, 0.3) is 0 Å². The summed E-state index contributed by atoms with van der Waals surface area (Å²) in [6.07, 6.45) is 5.21. The molecule has 33 heavy (non-hydrogen) atoms. The highest BCUT2D eigenvalue weighted by Crippen LogP contribution is 2.25. The van der Waals surface area contributed by atoms with Crippen molar-refractivity contribution in [1.29, 1.82) is 0 Å². The van der Waals surface area contributed by atoms with Crippen molar-refractivity contribution < 1.29 is 19.8 Å². The van der Waals surface area contributed by atoms with Crippen molar-refractivity contribution in [2.45, 2.75) is 38.6 Å². The number of carbonyl (C=O) groups excluding carboxylic acids is 2. The lowest BCUT2D eigenvalue weighted by Crippen LogP contribution is -2.47. The van der Waals surface area contributed by atoms with Crippen LogP contribution >= 0.6 is 12.2 Å². The molecule has 0 radical (unpaired) electrons. The average molecular weight is 467 g/mol. The minimum Gasteiger partial charge on any atom is -0.545 e. The molecule has 1 fully saturated rings. The standard InChI is InChI=1S/C22H28N2S.C4H4O4/c1-2-22(25)24(20-11-7-4-8-12-20)21-14-17-23(18-15-21)16-13-19-9-5-3-6-10-19;5-3(6)1-2-4(7)8/h3-12,21H,2,13-18H2,1H3;1-2H,(H,5,6)(H,7,8)/p-2/b;2-1+. The van der Waals surface area contributed by atoms with Crippen molar-refractivity contribution in [3.05, 3.63) is 78.4 Å². The number of para-hydroxylation sites is 1. The molecule has 0 bridgehead atoms. The van der Waals surface area contributed by atoms with E-state index in [0.29, 0.717) is 18.2 Å². The van der Waals surface area contributed by atoms with Crippen molar-refractivity contribution in [3.63, 3.8) is 0 Å².